The van der Waals surface area contributed by atoms with Crippen LogP contribution in [0.3, 0.4) is 0 Å². The number of fused-ring (bicyclic) bond motifs is 6. The Balaban J connectivity index is 2.24. The lowest BCUT2D eigenvalue weighted by Gasteiger charge is -2.06. The Morgan fingerprint density at radius 3 is 1.46 bits per heavy atom. The Morgan fingerprint density at radius 2 is 1.12 bits per heavy atom. The van der Waals surface area contributed by atoms with Gasteiger partial charge in [-0.1, -0.05) is 0 Å². The number of hydrogen-bond donors (Lipinski definition) is 2. The number of benzene rings is 1. The van der Waals surface area contributed by atoms with Crippen molar-refractivity contribution in [2.75, 3.05) is 0 Å². The van der Waals surface area contributed by atoms with E-state index in [1.54, 1.807) is 22.7 Å². The minimum absolute atomic E-state index is 0.892. The molecule has 2 heterocycles. The maximum absolute atomic E-state index is 5.84. The molecule has 0 radical (unpaired) electrons. The third kappa shape index (κ3) is 1.98. The van der Waals surface area contributed by atoms with Crippen LogP contribution in [0.15, 0.2) is 22.3 Å². The van der Waals surface area contributed by atoms with E-state index in [1.165, 1.54) is 37.1 Å². The lowest BCUT2D eigenvalue weighted by atomic mass is 9.98. The van der Waals surface area contributed by atoms with E-state index in [0.29, 0.717) is 0 Å². The molecule has 4 nitrogen and oxygen atoms in total. The van der Waals surface area contributed by atoms with Crippen LogP contribution in [-0.4, -0.2) is 0 Å². The monoisotopic (exact) mass is 602 g/mol. The maximum Gasteiger partial charge on any atom is 0.0995 e. The summed E-state index contributed by atoms with van der Waals surface area (Å²) in [6.07, 6.45) is 0. The van der Waals surface area contributed by atoms with Crippen molar-refractivity contribution in [1.29, 1.82) is 0 Å². The second-order valence-electron chi connectivity index (χ2n) is 6.29. The molecule has 0 aliphatic heterocycles. The van der Waals surface area contributed by atoms with Crippen molar-refractivity contribution < 1.29 is 0 Å². The fourth-order valence-electron chi connectivity index (χ4n) is 4.14. The molecule has 0 aliphatic carbocycles. The van der Waals surface area contributed by atoms with Crippen molar-refractivity contribution in [1.82, 2.24) is 0 Å². The molecular formula is C18H12I2N4S2. The highest BCUT2D eigenvalue weighted by molar-refractivity contribution is 14.1. The molecule has 26 heavy (non-hydrogen) atoms. The highest BCUT2D eigenvalue weighted by Crippen LogP contribution is 2.43. The maximum atomic E-state index is 5.84. The Hall–Kier alpha value is -0.980. The predicted molar refractivity (Wildman–Crippen MR) is 129 cm³/mol. The number of nitrogens with two attached hydrogens (primary N) is 2. The number of aryl methyl sites for hydroxylation is 2. The van der Waals surface area contributed by atoms with E-state index in [9.17, 15) is 0 Å². The summed E-state index contributed by atoms with van der Waals surface area (Å²) in [6, 6.07) is 4.35. The zero-order valence-electron chi connectivity index (χ0n) is 13.8. The summed E-state index contributed by atoms with van der Waals surface area (Å²) >= 11 is 8.29. The molecule has 0 atom stereocenters. The van der Waals surface area contributed by atoms with Gasteiger partial charge < -0.3 is 11.7 Å². The smallest absolute Gasteiger partial charge is 0.0995 e. The SMILES string of the molecule is Cc1c2/c(=N/N)c3cc(I)sc3c2c(C)c2/c(=N/N)c3cc(I)sc3c12. The average molecular weight is 602 g/mol. The topological polar surface area (TPSA) is 76.8 Å². The van der Waals surface area contributed by atoms with Gasteiger partial charge in [-0.15, -0.1) is 22.7 Å². The van der Waals surface area contributed by atoms with Gasteiger partial charge in [-0.2, -0.15) is 10.2 Å². The van der Waals surface area contributed by atoms with Crippen LogP contribution in [0.1, 0.15) is 11.1 Å². The number of hydrogen-bond acceptors (Lipinski definition) is 6. The van der Waals surface area contributed by atoms with Gasteiger partial charge in [0, 0.05) is 41.7 Å². The zero-order chi connectivity index (χ0) is 18.3. The summed E-state index contributed by atoms with van der Waals surface area (Å²) in [5, 5.41) is 17.2. The quantitative estimate of drug-likeness (QED) is 0.154. The lowest BCUT2D eigenvalue weighted by molar-refractivity contribution is 1.17. The molecule has 3 aromatic carbocycles. The van der Waals surface area contributed by atoms with Crippen molar-refractivity contribution in [2.45, 2.75) is 13.8 Å². The molecule has 0 amide bonds. The predicted octanol–water partition coefficient (Wildman–Crippen LogP) is 4.67. The van der Waals surface area contributed by atoms with Gasteiger partial charge in [0.2, 0.25) is 0 Å². The lowest BCUT2D eigenvalue weighted by Crippen LogP contribution is -2.07. The second kappa shape index (κ2) is 5.76. The van der Waals surface area contributed by atoms with Gasteiger partial charge in [-0.25, -0.2) is 0 Å². The Bertz CT molecular complexity index is 1380. The molecule has 0 saturated carbocycles. The summed E-state index contributed by atoms with van der Waals surface area (Å²) in [5.74, 6) is 11.7. The van der Waals surface area contributed by atoms with Gasteiger partial charge in [-0.05, 0) is 82.3 Å². The Kier molecular flexibility index (Phi) is 3.80. The molecule has 8 heteroatoms. The largest absolute Gasteiger partial charge is 0.323 e. The van der Waals surface area contributed by atoms with Crippen LogP contribution in [0.4, 0.5) is 0 Å². The third-order valence-electron chi connectivity index (χ3n) is 5.10. The van der Waals surface area contributed by atoms with Gasteiger partial charge >= 0.3 is 0 Å². The van der Waals surface area contributed by atoms with Crippen molar-refractivity contribution in [3.63, 3.8) is 0 Å². The Morgan fingerprint density at radius 1 is 0.731 bits per heavy atom. The van der Waals surface area contributed by atoms with E-state index < -0.39 is 0 Å². The summed E-state index contributed by atoms with van der Waals surface area (Å²) in [5.41, 5.74) is 2.42. The van der Waals surface area contributed by atoms with Gasteiger partial charge in [-0.3, -0.25) is 0 Å². The molecule has 130 valence electrons. The van der Waals surface area contributed by atoms with Crippen LogP contribution in [-0.2, 0) is 0 Å². The fraction of sp³-hybridized carbons (Fsp3) is 0.111. The molecule has 0 bridgehead atoms. The summed E-state index contributed by atoms with van der Waals surface area (Å²) in [7, 11) is 0. The Labute approximate surface area is 183 Å². The van der Waals surface area contributed by atoms with E-state index in [1.807, 2.05) is 0 Å². The molecule has 0 aliphatic rings. The number of thiophene rings is 2. The number of nitrogens with zero attached hydrogens (tertiary/aromatic N) is 2. The summed E-state index contributed by atoms with van der Waals surface area (Å²) < 4.78 is 4.97. The first-order chi connectivity index (χ1) is 12.5. The first kappa shape index (κ1) is 17.1. The number of rotatable bonds is 0. The highest BCUT2D eigenvalue weighted by atomic mass is 127. The van der Waals surface area contributed by atoms with E-state index in [-0.39, 0.29) is 0 Å². The second-order valence-corrected chi connectivity index (χ2v) is 12.2. The molecule has 0 saturated heterocycles. The molecule has 2 aromatic heterocycles. The van der Waals surface area contributed by atoms with Crippen LogP contribution in [0.5, 0.6) is 0 Å². The van der Waals surface area contributed by atoms with Gasteiger partial charge in [0.1, 0.15) is 0 Å². The fourth-order valence-corrected chi connectivity index (χ4v) is 8.08. The normalized spacial score (nSPS) is 14.2. The first-order valence-corrected chi connectivity index (χ1v) is 11.6. The molecule has 0 spiro atoms. The van der Waals surface area contributed by atoms with Crippen molar-refractivity contribution in [3.05, 3.63) is 39.7 Å². The van der Waals surface area contributed by atoms with Gasteiger partial charge in [0.05, 0.1) is 16.5 Å². The van der Waals surface area contributed by atoms with Crippen LogP contribution in [0.2, 0.25) is 0 Å². The standard InChI is InChI=1S/C18H12I2N4S2/c1-5-11-14(18-7(15(11)23-21)3-10(20)26-18)6(2)12-13(5)17-8(16(12)24-22)4-9(19)25-17/h3-4H,21-22H2,1-2H3/b23-15+,24-16+. The average Bonchev–Trinajstić information content (AvgIpc) is 3.29. The summed E-state index contributed by atoms with van der Waals surface area (Å²) in [4.78, 5) is 0. The van der Waals surface area contributed by atoms with Crippen LogP contribution in [0.25, 0.3) is 41.7 Å². The molecular weight excluding hydrogens is 590 g/mol. The van der Waals surface area contributed by atoms with E-state index in [2.05, 4.69) is 81.4 Å². The molecule has 5 aromatic rings. The molecule has 0 unspecified atom stereocenters. The van der Waals surface area contributed by atoms with Crippen LogP contribution in [0, 0.1) is 19.6 Å². The zero-order valence-corrected chi connectivity index (χ0v) is 19.7. The molecule has 4 N–H and O–H groups in total. The van der Waals surface area contributed by atoms with E-state index in [0.717, 1.165) is 32.3 Å². The van der Waals surface area contributed by atoms with Crippen LogP contribution < -0.4 is 22.4 Å². The van der Waals surface area contributed by atoms with Crippen molar-refractivity contribution in [2.24, 2.45) is 21.9 Å². The minimum Gasteiger partial charge on any atom is -0.323 e. The van der Waals surface area contributed by atoms with Gasteiger partial charge in [0.25, 0.3) is 0 Å². The number of halogens is 2. The van der Waals surface area contributed by atoms with Crippen LogP contribution >= 0.6 is 67.9 Å². The third-order valence-corrected chi connectivity index (χ3v) is 8.93. The molecule has 5 rings (SSSR count). The minimum atomic E-state index is 0.892. The molecule has 0 fully saturated rings. The first-order valence-electron chi connectivity index (χ1n) is 7.81. The van der Waals surface area contributed by atoms with E-state index >= 15 is 0 Å². The van der Waals surface area contributed by atoms with Gasteiger partial charge in [0.15, 0.2) is 0 Å². The van der Waals surface area contributed by atoms with Crippen molar-refractivity contribution >= 4 is 110 Å². The van der Waals surface area contributed by atoms with Crippen molar-refractivity contribution in [3.8, 4) is 0 Å². The summed E-state index contributed by atoms with van der Waals surface area (Å²) in [6.45, 7) is 4.33. The van der Waals surface area contributed by atoms with E-state index in [4.69, 9.17) is 11.7 Å². The highest BCUT2D eigenvalue weighted by Gasteiger charge is 2.23.